The number of anilines is 2. The number of hydrogen-bond acceptors (Lipinski definition) is 4. The number of amides is 2. The molecule has 8 nitrogen and oxygen atoms in total. The van der Waals surface area contributed by atoms with Crippen LogP contribution in [0.4, 0.5) is 11.4 Å². The van der Waals surface area contributed by atoms with Gasteiger partial charge in [-0.25, -0.2) is 9.59 Å². The summed E-state index contributed by atoms with van der Waals surface area (Å²) in [7, 11) is 0. The summed E-state index contributed by atoms with van der Waals surface area (Å²) >= 11 is 0. The van der Waals surface area contributed by atoms with Crippen LogP contribution >= 0.6 is 0 Å². The molecular formula is C24H16N2O6. The third kappa shape index (κ3) is 3.72. The van der Waals surface area contributed by atoms with Crippen LogP contribution in [-0.2, 0) is 19.2 Å². The number of hydrogen-bond donors (Lipinski definition) is 4. The molecule has 158 valence electrons. The van der Waals surface area contributed by atoms with Crippen LogP contribution < -0.4 is 10.6 Å². The van der Waals surface area contributed by atoms with Crippen LogP contribution in [0.5, 0.6) is 0 Å². The smallest absolute Gasteiger partial charge is 0.394 e. The lowest BCUT2D eigenvalue weighted by atomic mass is 9.91. The highest BCUT2D eigenvalue weighted by Crippen LogP contribution is 2.43. The van der Waals surface area contributed by atoms with E-state index in [0.717, 1.165) is 10.8 Å². The predicted molar refractivity (Wildman–Crippen MR) is 119 cm³/mol. The summed E-state index contributed by atoms with van der Waals surface area (Å²) in [4.78, 5) is 46.3. The van der Waals surface area contributed by atoms with Crippen LogP contribution in [0.25, 0.3) is 32.7 Å². The quantitative estimate of drug-likeness (QED) is 0.368. The van der Waals surface area contributed by atoms with Crippen molar-refractivity contribution in [3.05, 3.63) is 72.8 Å². The Labute approximate surface area is 181 Å². The van der Waals surface area contributed by atoms with Gasteiger partial charge in [-0.05, 0) is 33.7 Å². The number of carbonyl (C=O) groups excluding carboxylic acids is 2. The fourth-order valence-corrected chi connectivity index (χ4v) is 3.64. The van der Waals surface area contributed by atoms with E-state index >= 15 is 0 Å². The first-order valence-corrected chi connectivity index (χ1v) is 9.49. The second-order valence-electron chi connectivity index (χ2n) is 6.94. The molecule has 4 rings (SSSR count). The summed E-state index contributed by atoms with van der Waals surface area (Å²) in [5, 5.41) is 25.9. The summed E-state index contributed by atoms with van der Waals surface area (Å²) in [6, 6.07) is 21.1. The van der Waals surface area contributed by atoms with Gasteiger partial charge in [-0.2, -0.15) is 0 Å². The van der Waals surface area contributed by atoms with Crippen molar-refractivity contribution < 1.29 is 29.4 Å². The number of carbonyl (C=O) groups is 4. The summed E-state index contributed by atoms with van der Waals surface area (Å²) in [5.74, 6) is -5.75. The lowest BCUT2D eigenvalue weighted by molar-refractivity contribution is -0.147. The van der Waals surface area contributed by atoms with Gasteiger partial charge < -0.3 is 20.8 Å². The Hall–Kier alpha value is -4.72. The minimum atomic E-state index is -1.65. The third-order valence-electron chi connectivity index (χ3n) is 4.99. The monoisotopic (exact) mass is 428 g/mol. The Morgan fingerprint density at radius 3 is 1.28 bits per heavy atom. The van der Waals surface area contributed by atoms with Gasteiger partial charge in [-0.3, -0.25) is 9.59 Å². The second kappa shape index (κ2) is 8.19. The van der Waals surface area contributed by atoms with Crippen LogP contribution in [0.2, 0.25) is 0 Å². The zero-order valence-electron chi connectivity index (χ0n) is 16.5. The van der Waals surface area contributed by atoms with Crippen LogP contribution in [0.3, 0.4) is 0 Å². The Morgan fingerprint density at radius 1 is 0.531 bits per heavy atom. The number of nitrogens with one attached hydrogen (secondary N) is 2. The molecule has 0 atom stereocenters. The SMILES string of the molecule is O=C(O)C(=O)Nc1ccc2ccccc2c1-c1c(NC(=O)C(=O)O)ccc2ccccc12. The lowest BCUT2D eigenvalue weighted by Crippen LogP contribution is -2.23. The molecule has 4 aromatic rings. The van der Waals surface area contributed by atoms with E-state index in [1.165, 1.54) is 0 Å². The molecule has 32 heavy (non-hydrogen) atoms. The Morgan fingerprint density at radius 2 is 0.906 bits per heavy atom. The predicted octanol–water partition coefficient (Wildman–Crippen LogP) is 3.71. The second-order valence-corrected chi connectivity index (χ2v) is 6.94. The molecule has 0 radical (unpaired) electrons. The summed E-state index contributed by atoms with van der Waals surface area (Å²) < 4.78 is 0. The average Bonchev–Trinajstić information content (AvgIpc) is 2.79. The van der Waals surface area contributed by atoms with Crippen LogP contribution in [0.1, 0.15) is 0 Å². The summed E-state index contributed by atoms with van der Waals surface area (Å²) in [6.45, 7) is 0. The molecule has 2 amide bonds. The van der Waals surface area contributed by atoms with Crippen molar-refractivity contribution in [3.63, 3.8) is 0 Å². The molecule has 0 heterocycles. The van der Waals surface area contributed by atoms with Crippen molar-refractivity contribution in [2.45, 2.75) is 0 Å². The molecule has 0 fully saturated rings. The normalized spacial score (nSPS) is 10.6. The average molecular weight is 428 g/mol. The van der Waals surface area contributed by atoms with E-state index in [1.807, 2.05) is 24.3 Å². The van der Waals surface area contributed by atoms with Crippen LogP contribution in [-0.4, -0.2) is 34.0 Å². The van der Waals surface area contributed by atoms with E-state index in [4.69, 9.17) is 10.2 Å². The van der Waals surface area contributed by atoms with Gasteiger partial charge in [0.25, 0.3) is 0 Å². The highest BCUT2D eigenvalue weighted by atomic mass is 16.4. The van der Waals surface area contributed by atoms with E-state index in [-0.39, 0.29) is 11.4 Å². The highest BCUT2D eigenvalue weighted by molar-refractivity contribution is 6.38. The molecule has 0 aliphatic heterocycles. The lowest BCUT2D eigenvalue weighted by Gasteiger charge is -2.19. The first-order valence-electron chi connectivity index (χ1n) is 9.49. The Bertz CT molecular complexity index is 1320. The van der Waals surface area contributed by atoms with Crippen molar-refractivity contribution >= 4 is 56.7 Å². The summed E-state index contributed by atoms with van der Waals surface area (Å²) in [6.07, 6.45) is 0. The number of carboxylic acids is 2. The van der Waals surface area contributed by atoms with Crippen molar-refractivity contribution in [1.82, 2.24) is 0 Å². The molecule has 0 saturated heterocycles. The van der Waals surface area contributed by atoms with Gasteiger partial charge in [0.2, 0.25) is 0 Å². The van der Waals surface area contributed by atoms with E-state index in [2.05, 4.69) is 10.6 Å². The van der Waals surface area contributed by atoms with E-state index in [9.17, 15) is 19.2 Å². The molecule has 0 aromatic heterocycles. The van der Waals surface area contributed by atoms with Gasteiger partial charge in [0.05, 0.1) is 0 Å². The van der Waals surface area contributed by atoms with Gasteiger partial charge in [0.15, 0.2) is 0 Å². The van der Waals surface area contributed by atoms with Crippen LogP contribution in [0.15, 0.2) is 72.8 Å². The largest absolute Gasteiger partial charge is 0.474 e. The maximum Gasteiger partial charge on any atom is 0.394 e. The third-order valence-corrected chi connectivity index (χ3v) is 4.99. The molecule has 4 N–H and O–H groups in total. The highest BCUT2D eigenvalue weighted by Gasteiger charge is 2.22. The molecule has 0 bridgehead atoms. The van der Waals surface area contributed by atoms with E-state index in [0.29, 0.717) is 21.9 Å². The topological polar surface area (TPSA) is 133 Å². The number of carboxylic acid groups (broad SMARTS) is 2. The van der Waals surface area contributed by atoms with Crippen molar-refractivity contribution in [3.8, 4) is 11.1 Å². The van der Waals surface area contributed by atoms with Gasteiger partial charge in [0.1, 0.15) is 0 Å². The standard InChI is InChI=1S/C24H16N2O6/c27-21(23(29)30)25-17-11-9-13-5-1-3-7-15(13)19(17)20-16-8-4-2-6-14(16)10-12-18(20)26-22(28)24(31)32/h1-12H,(H,25,27)(H,26,28)(H,29,30)(H,31,32). The molecule has 0 aliphatic rings. The fraction of sp³-hybridized carbons (Fsp3) is 0. The van der Waals surface area contributed by atoms with Crippen molar-refractivity contribution in [1.29, 1.82) is 0 Å². The zero-order chi connectivity index (χ0) is 22.8. The number of fused-ring (bicyclic) bond motifs is 2. The van der Waals surface area contributed by atoms with Crippen molar-refractivity contribution in [2.75, 3.05) is 10.6 Å². The van der Waals surface area contributed by atoms with Gasteiger partial charge >= 0.3 is 23.8 Å². The van der Waals surface area contributed by atoms with Gasteiger partial charge in [-0.15, -0.1) is 0 Å². The van der Waals surface area contributed by atoms with E-state index < -0.39 is 23.8 Å². The summed E-state index contributed by atoms with van der Waals surface area (Å²) in [5.41, 5.74) is 1.32. The first-order chi connectivity index (χ1) is 15.4. The number of rotatable bonds is 3. The maximum atomic E-state index is 12.0. The van der Waals surface area contributed by atoms with Crippen LogP contribution in [0, 0.1) is 0 Å². The minimum absolute atomic E-state index is 0.207. The Kier molecular flexibility index (Phi) is 5.26. The van der Waals surface area contributed by atoms with Gasteiger partial charge in [0, 0.05) is 22.5 Å². The zero-order valence-corrected chi connectivity index (χ0v) is 16.5. The molecule has 4 aromatic carbocycles. The fourth-order valence-electron chi connectivity index (χ4n) is 3.64. The molecule has 0 saturated carbocycles. The van der Waals surface area contributed by atoms with Crippen molar-refractivity contribution in [2.24, 2.45) is 0 Å². The minimum Gasteiger partial charge on any atom is -0.474 e. The molecule has 0 unspecified atom stereocenters. The van der Waals surface area contributed by atoms with Gasteiger partial charge in [-0.1, -0.05) is 60.7 Å². The Balaban J connectivity index is 2.09. The number of benzene rings is 4. The first kappa shape index (κ1) is 20.5. The van der Waals surface area contributed by atoms with E-state index in [1.54, 1.807) is 48.5 Å². The maximum absolute atomic E-state index is 12.0. The molecular weight excluding hydrogens is 412 g/mol. The molecule has 0 spiro atoms. The molecule has 8 heteroatoms. The molecule has 0 aliphatic carbocycles. The number of aliphatic carboxylic acids is 2.